The van der Waals surface area contributed by atoms with Crippen molar-refractivity contribution in [3.63, 3.8) is 0 Å². The predicted molar refractivity (Wildman–Crippen MR) is 103 cm³/mol. The van der Waals surface area contributed by atoms with Crippen LogP contribution in [0.25, 0.3) is 11.6 Å². The Morgan fingerprint density at radius 2 is 1.65 bits per heavy atom. The summed E-state index contributed by atoms with van der Waals surface area (Å²) < 4.78 is 5.90. The van der Waals surface area contributed by atoms with Gasteiger partial charge in [-0.1, -0.05) is 36.4 Å². The molecule has 0 aliphatic carbocycles. The molecule has 1 aliphatic rings. The first-order valence-corrected chi connectivity index (χ1v) is 8.11. The highest BCUT2D eigenvalue weighted by Crippen LogP contribution is 2.35. The first kappa shape index (κ1) is 17.1. The van der Waals surface area contributed by atoms with Gasteiger partial charge >= 0.3 is 0 Å². The monoisotopic (exact) mass is 339 g/mol. The Kier molecular flexibility index (Phi) is 4.87. The molecule has 0 saturated carbocycles. The molecule has 126 valence electrons. The number of rotatable bonds is 3. The second-order valence-electron chi connectivity index (χ2n) is 5.98. The van der Waals surface area contributed by atoms with Gasteiger partial charge in [0.25, 0.3) is 0 Å². The van der Waals surface area contributed by atoms with Gasteiger partial charge in [-0.15, -0.1) is 0 Å². The van der Waals surface area contributed by atoms with Gasteiger partial charge < -0.3 is 9.64 Å². The lowest BCUT2D eigenvalue weighted by molar-refractivity contribution is 0.439. The molecule has 2 aromatic carbocycles. The molecule has 0 radical (unpaired) electrons. The maximum absolute atomic E-state index is 9.25. The summed E-state index contributed by atoms with van der Waals surface area (Å²) in [7, 11) is 4.00. The second-order valence-corrected chi connectivity index (χ2v) is 5.98. The van der Waals surface area contributed by atoms with E-state index in [1.54, 1.807) is 6.08 Å². The number of ether oxygens (including phenoxy) is 1. The number of allylic oxidation sites excluding steroid dienone is 4. The van der Waals surface area contributed by atoms with E-state index < -0.39 is 0 Å². The van der Waals surface area contributed by atoms with Crippen molar-refractivity contribution < 1.29 is 4.74 Å². The van der Waals surface area contributed by atoms with E-state index in [1.807, 2.05) is 91.8 Å². The van der Waals surface area contributed by atoms with Gasteiger partial charge in [0.15, 0.2) is 0 Å². The number of benzene rings is 2. The molecule has 0 fully saturated rings. The molecule has 4 nitrogen and oxygen atoms in total. The first-order chi connectivity index (χ1) is 12.6. The molecule has 0 unspecified atom stereocenters. The van der Waals surface area contributed by atoms with Crippen molar-refractivity contribution in [2.24, 2.45) is 0 Å². The van der Waals surface area contributed by atoms with Crippen LogP contribution in [0.15, 0.2) is 72.0 Å². The molecule has 3 rings (SSSR count). The number of para-hydroxylation sites is 1. The van der Waals surface area contributed by atoms with E-state index in [-0.39, 0.29) is 5.57 Å². The van der Waals surface area contributed by atoms with Crippen LogP contribution in [-0.2, 0) is 0 Å². The summed E-state index contributed by atoms with van der Waals surface area (Å²) in [4.78, 5) is 2.04. The standard InChI is InChI=1S/C22H17N3O/c1-25(2)18-10-7-16(8-11-18)9-12-19-13-21(17(14-23)15-24)20-5-3-4-6-22(20)26-19/h3-13H,1-2H3. The second kappa shape index (κ2) is 7.42. The zero-order valence-electron chi connectivity index (χ0n) is 14.6. The Balaban J connectivity index is 1.95. The molecular formula is C22H17N3O. The van der Waals surface area contributed by atoms with Gasteiger partial charge in [0.05, 0.1) is 0 Å². The van der Waals surface area contributed by atoms with Crippen LogP contribution in [0.3, 0.4) is 0 Å². The minimum Gasteiger partial charge on any atom is -0.457 e. The molecular weight excluding hydrogens is 322 g/mol. The quantitative estimate of drug-likeness (QED) is 0.770. The Labute approximate surface area is 153 Å². The molecule has 0 bridgehead atoms. The van der Waals surface area contributed by atoms with Gasteiger partial charge in [0, 0.05) is 30.9 Å². The van der Waals surface area contributed by atoms with Crippen LogP contribution in [0.5, 0.6) is 5.75 Å². The van der Waals surface area contributed by atoms with E-state index in [0.717, 1.165) is 16.8 Å². The van der Waals surface area contributed by atoms with Crippen LogP contribution in [0.2, 0.25) is 0 Å². The van der Waals surface area contributed by atoms with Crippen molar-refractivity contribution in [1.82, 2.24) is 0 Å². The van der Waals surface area contributed by atoms with Gasteiger partial charge in [0.1, 0.15) is 29.2 Å². The summed E-state index contributed by atoms with van der Waals surface area (Å²) in [6, 6.07) is 19.4. The molecule has 1 aliphatic heterocycles. The van der Waals surface area contributed by atoms with E-state index in [4.69, 9.17) is 4.74 Å². The summed E-state index contributed by atoms with van der Waals surface area (Å²) >= 11 is 0. The maximum Gasteiger partial charge on any atom is 0.137 e. The van der Waals surface area contributed by atoms with Gasteiger partial charge in [-0.25, -0.2) is 0 Å². The van der Waals surface area contributed by atoms with Gasteiger partial charge in [-0.2, -0.15) is 10.5 Å². The Hall–Kier alpha value is -3.76. The number of anilines is 1. The average molecular weight is 339 g/mol. The number of fused-ring (bicyclic) bond motifs is 1. The van der Waals surface area contributed by atoms with E-state index in [0.29, 0.717) is 17.1 Å². The third-order valence-corrected chi connectivity index (χ3v) is 4.03. The van der Waals surface area contributed by atoms with E-state index in [1.165, 1.54) is 0 Å². The minimum absolute atomic E-state index is 0.0713. The summed E-state index contributed by atoms with van der Waals surface area (Å²) in [5, 5.41) is 18.5. The van der Waals surface area contributed by atoms with Crippen molar-refractivity contribution in [1.29, 1.82) is 10.5 Å². The van der Waals surface area contributed by atoms with Gasteiger partial charge in [-0.3, -0.25) is 0 Å². The van der Waals surface area contributed by atoms with Crippen molar-refractivity contribution in [2.75, 3.05) is 19.0 Å². The van der Waals surface area contributed by atoms with Crippen LogP contribution in [-0.4, -0.2) is 14.1 Å². The fourth-order valence-corrected chi connectivity index (χ4v) is 2.65. The lowest BCUT2D eigenvalue weighted by Crippen LogP contribution is -2.07. The third kappa shape index (κ3) is 3.50. The SMILES string of the molecule is CN(C)c1ccc(C=CC2=CC(=C(C#N)C#N)c3ccccc3O2)cc1. The predicted octanol–water partition coefficient (Wildman–Crippen LogP) is 4.54. The number of nitrogens with zero attached hydrogens (tertiary/aromatic N) is 3. The summed E-state index contributed by atoms with van der Waals surface area (Å²) in [5.74, 6) is 1.22. The zero-order chi connectivity index (χ0) is 18.5. The summed E-state index contributed by atoms with van der Waals surface area (Å²) in [6.45, 7) is 0. The molecule has 0 spiro atoms. The maximum atomic E-state index is 9.25. The molecule has 4 heteroatoms. The normalized spacial score (nSPS) is 12.5. The van der Waals surface area contributed by atoms with Crippen molar-refractivity contribution in [2.45, 2.75) is 0 Å². The van der Waals surface area contributed by atoms with Gasteiger partial charge in [-0.05, 0) is 35.9 Å². The van der Waals surface area contributed by atoms with Crippen LogP contribution < -0.4 is 9.64 Å². The van der Waals surface area contributed by atoms with Crippen molar-refractivity contribution >= 4 is 17.3 Å². The fourth-order valence-electron chi connectivity index (χ4n) is 2.65. The zero-order valence-corrected chi connectivity index (χ0v) is 14.6. The van der Waals surface area contributed by atoms with Crippen LogP contribution >= 0.6 is 0 Å². The fraction of sp³-hybridized carbons (Fsp3) is 0.0909. The number of hydrogen-bond acceptors (Lipinski definition) is 4. The summed E-state index contributed by atoms with van der Waals surface area (Å²) in [6.07, 6.45) is 5.51. The van der Waals surface area contributed by atoms with Gasteiger partial charge in [0.2, 0.25) is 0 Å². The van der Waals surface area contributed by atoms with Crippen LogP contribution in [0, 0.1) is 22.7 Å². The largest absolute Gasteiger partial charge is 0.457 e. The highest BCUT2D eigenvalue weighted by molar-refractivity contribution is 5.87. The Morgan fingerprint density at radius 1 is 0.962 bits per heavy atom. The highest BCUT2D eigenvalue weighted by Gasteiger charge is 2.18. The summed E-state index contributed by atoms with van der Waals surface area (Å²) in [5.41, 5.74) is 3.56. The molecule has 1 heterocycles. The van der Waals surface area contributed by atoms with Crippen LogP contribution in [0.4, 0.5) is 5.69 Å². The third-order valence-electron chi connectivity index (χ3n) is 4.03. The van der Waals surface area contributed by atoms with Crippen LogP contribution in [0.1, 0.15) is 11.1 Å². The molecule has 0 atom stereocenters. The average Bonchev–Trinajstić information content (AvgIpc) is 2.67. The lowest BCUT2D eigenvalue weighted by atomic mass is 9.97. The van der Waals surface area contributed by atoms with E-state index in [2.05, 4.69) is 0 Å². The molecule has 26 heavy (non-hydrogen) atoms. The van der Waals surface area contributed by atoms with E-state index >= 15 is 0 Å². The molecule has 0 amide bonds. The molecule has 0 saturated heterocycles. The molecule has 2 aromatic rings. The smallest absolute Gasteiger partial charge is 0.137 e. The Morgan fingerprint density at radius 3 is 2.31 bits per heavy atom. The van der Waals surface area contributed by atoms with Crippen molar-refractivity contribution in [3.8, 4) is 17.9 Å². The highest BCUT2D eigenvalue weighted by atomic mass is 16.5. The first-order valence-electron chi connectivity index (χ1n) is 8.11. The van der Waals surface area contributed by atoms with Crippen molar-refractivity contribution in [3.05, 3.63) is 83.1 Å². The number of nitriles is 2. The molecule has 0 N–H and O–H groups in total. The minimum atomic E-state index is 0.0713. The Bertz CT molecular complexity index is 981. The topological polar surface area (TPSA) is 60.0 Å². The lowest BCUT2D eigenvalue weighted by Gasteiger charge is -2.18. The number of hydrogen-bond donors (Lipinski definition) is 0. The van der Waals surface area contributed by atoms with E-state index in [9.17, 15) is 10.5 Å². The molecule has 0 aromatic heterocycles.